The van der Waals surface area contributed by atoms with Crippen molar-refractivity contribution in [3.8, 4) is 0 Å². The van der Waals surface area contributed by atoms with E-state index in [1.165, 1.54) is 25.8 Å². The molecule has 0 aliphatic carbocycles. The molecule has 3 nitrogen and oxygen atoms in total. The predicted molar refractivity (Wildman–Crippen MR) is 71.2 cm³/mol. The number of likely N-dealkylation sites (tertiary alicyclic amines) is 1. The Bertz CT molecular complexity index is 182. The Morgan fingerprint density at radius 3 is 2.62 bits per heavy atom. The van der Waals surface area contributed by atoms with E-state index in [0.717, 1.165) is 19.7 Å². The molecule has 0 aromatic rings. The van der Waals surface area contributed by atoms with Crippen LogP contribution in [0.5, 0.6) is 0 Å². The van der Waals surface area contributed by atoms with Crippen LogP contribution in [-0.4, -0.2) is 43.8 Å². The van der Waals surface area contributed by atoms with E-state index < -0.39 is 0 Å². The second kappa shape index (κ2) is 7.49. The second-order valence-corrected chi connectivity index (χ2v) is 5.54. The van der Waals surface area contributed by atoms with E-state index in [-0.39, 0.29) is 17.9 Å². The Balaban J connectivity index is 0.00000225. The van der Waals surface area contributed by atoms with Crippen LogP contribution in [0.2, 0.25) is 0 Å². The first-order valence-corrected chi connectivity index (χ1v) is 6.01. The summed E-state index contributed by atoms with van der Waals surface area (Å²) < 4.78 is 5.26. The first-order chi connectivity index (χ1) is 7.01. The van der Waals surface area contributed by atoms with Gasteiger partial charge in [-0.3, -0.25) is 0 Å². The van der Waals surface area contributed by atoms with Crippen molar-refractivity contribution < 1.29 is 4.74 Å². The highest BCUT2D eigenvalue weighted by Gasteiger charge is 2.22. The highest BCUT2D eigenvalue weighted by atomic mass is 35.5. The number of methoxy groups -OCH3 is 1. The van der Waals surface area contributed by atoms with Gasteiger partial charge in [0, 0.05) is 25.7 Å². The Kier molecular flexibility index (Phi) is 7.57. The van der Waals surface area contributed by atoms with Gasteiger partial charge in [0.25, 0.3) is 0 Å². The quantitative estimate of drug-likeness (QED) is 0.828. The van der Waals surface area contributed by atoms with Crippen molar-refractivity contribution >= 4 is 12.4 Å². The molecule has 1 saturated heterocycles. The van der Waals surface area contributed by atoms with E-state index in [4.69, 9.17) is 10.5 Å². The third-order valence-electron chi connectivity index (χ3n) is 2.89. The van der Waals surface area contributed by atoms with Gasteiger partial charge in [0.1, 0.15) is 0 Å². The van der Waals surface area contributed by atoms with Crippen LogP contribution in [0.4, 0.5) is 0 Å². The van der Waals surface area contributed by atoms with Gasteiger partial charge in [-0.25, -0.2) is 0 Å². The van der Waals surface area contributed by atoms with E-state index in [1.807, 2.05) is 0 Å². The molecule has 1 aliphatic heterocycles. The standard InChI is InChI=1S/C12H26N2O.ClH/c1-12(2,13)10-14-7-5-4-6-11(8-14)9-15-3;/h11H,4-10,13H2,1-3H3;1H. The van der Waals surface area contributed by atoms with Crippen LogP contribution in [0.25, 0.3) is 0 Å². The van der Waals surface area contributed by atoms with Gasteiger partial charge in [-0.05, 0) is 39.2 Å². The number of hydrogen-bond donors (Lipinski definition) is 1. The van der Waals surface area contributed by atoms with Crippen LogP contribution < -0.4 is 5.73 Å². The molecule has 0 spiro atoms. The topological polar surface area (TPSA) is 38.5 Å². The normalized spacial score (nSPS) is 23.6. The number of halogens is 1. The largest absolute Gasteiger partial charge is 0.384 e. The molecular formula is C12H27ClN2O. The fourth-order valence-corrected chi connectivity index (χ4v) is 2.41. The summed E-state index contributed by atoms with van der Waals surface area (Å²) in [4.78, 5) is 2.50. The third kappa shape index (κ3) is 6.69. The highest BCUT2D eigenvalue weighted by Crippen LogP contribution is 2.17. The van der Waals surface area contributed by atoms with Crippen molar-refractivity contribution in [2.75, 3.05) is 33.4 Å². The molecule has 1 fully saturated rings. The fraction of sp³-hybridized carbons (Fsp3) is 1.00. The molecule has 2 N–H and O–H groups in total. The molecule has 4 heteroatoms. The summed E-state index contributed by atoms with van der Waals surface area (Å²) in [5.74, 6) is 0.694. The van der Waals surface area contributed by atoms with Crippen LogP contribution in [-0.2, 0) is 4.74 Å². The molecule has 0 aromatic heterocycles. The van der Waals surface area contributed by atoms with Gasteiger partial charge in [0.2, 0.25) is 0 Å². The molecule has 98 valence electrons. The van der Waals surface area contributed by atoms with Crippen molar-refractivity contribution in [1.29, 1.82) is 0 Å². The predicted octanol–water partition coefficient (Wildman–Crippen LogP) is 1.89. The SMILES string of the molecule is COCC1CCCCN(CC(C)(C)N)C1.Cl. The maximum Gasteiger partial charge on any atom is 0.0502 e. The minimum Gasteiger partial charge on any atom is -0.384 e. The Morgan fingerprint density at radius 2 is 2.06 bits per heavy atom. The van der Waals surface area contributed by atoms with Gasteiger partial charge in [-0.1, -0.05) is 6.42 Å². The summed E-state index contributed by atoms with van der Waals surface area (Å²) in [5.41, 5.74) is 5.98. The smallest absolute Gasteiger partial charge is 0.0502 e. The van der Waals surface area contributed by atoms with E-state index in [0.29, 0.717) is 5.92 Å². The van der Waals surface area contributed by atoms with Gasteiger partial charge in [-0.15, -0.1) is 12.4 Å². The molecule has 1 rings (SSSR count). The summed E-state index contributed by atoms with van der Waals surface area (Å²) in [7, 11) is 1.79. The summed E-state index contributed by atoms with van der Waals surface area (Å²) >= 11 is 0. The first-order valence-electron chi connectivity index (χ1n) is 6.01. The van der Waals surface area contributed by atoms with E-state index in [1.54, 1.807) is 7.11 Å². The first kappa shape index (κ1) is 16.2. The van der Waals surface area contributed by atoms with Gasteiger partial charge < -0.3 is 15.4 Å². The highest BCUT2D eigenvalue weighted by molar-refractivity contribution is 5.85. The lowest BCUT2D eigenvalue weighted by Gasteiger charge is -2.30. The monoisotopic (exact) mass is 250 g/mol. The lowest BCUT2D eigenvalue weighted by atomic mass is 10.0. The van der Waals surface area contributed by atoms with Crippen molar-refractivity contribution in [3.63, 3.8) is 0 Å². The van der Waals surface area contributed by atoms with E-state index in [9.17, 15) is 0 Å². The molecule has 16 heavy (non-hydrogen) atoms. The van der Waals surface area contributed by atoms with Crippen LogP contribution in [0.15, 0.2) is 0 Å². The number of ether oxygens (including phenoxy) is 1. The average Bonchev–Trinajstić information content (AvgIpc) is 2.28. The Morgan fingerprint density at radius 1 is 1.38 bits per heavy atom. The molecule has 0 amide bonds. The maximum absolute atomic E-state index is 6.06. The lowest BCUT2D eigenvalue weighted by molar-refractivity contribution is 0.119. The second-order valence-electron chi connectivity index (χ2n) is 5.54. The van der Waals surface area contributed by atoms with Crippen LogP contribution >= 0.6 is 12.4 Å². The number of nitrogens with zero attached hydrogens (tertiary/aromatic N) is 1. The molecular weight excluding hydrogens is 224 g/mol. The Labute approximate surface area is 106 Å². The number of nitrogens with two attached hydrogens (primary N) is 1. The van der Waals surface area contributed by atoms with Crippen LogP contribution in [0.1, 0.15) is 33.1 Å². The minimum atomic E-state index is -0.0814. The van der Waals surface area contributed by atoms with Gasteiger partial charge in [0.05, 0.1) is 6.61 Å². The van der Waals surface area contributed by atoms with Gasteiger partial charge >= 0.3 is 0 Å². The molecule has 0 radical (unpaired) electrons. The minimum absolute atomic E-state index is 0. The van der Waals surface area contributed by atoms with Crippen molar-refractivity contribution in [2.24, 2.45) is 11.7 Å². The maximum atomic E-state index is 6.06. The molecule has 0 saturated carbocycles. The van der Waals surface area contributed by atoms with Crippen molar-refractivity contribution in [2.45, 2.75) is 38.6 Å². The summed E-state index contributed by atoms with van der Waals surface area (Å²) in [6.45, 7) is 8.43. The zero-order valence-electron chi connectivity index (χ0n) is 10.9. The molecule has 1 heterocycles. The van der Waals surface area contributed by atoms with E-state index >= 15 is 0 Å². The number of hydrogen-bond acceptors (Lipinski definition) is 3. The summed E-state index contributed by atoms with van der Waals surface area (Å²) in [5, 5.41) is 0. The lowest BCUT2D eigenvalue weighted by Crippen LogP contribution is -2.46. The summed E-state index contributed by atoms with van der Waals surface area (Å²) in [6, 6.07) is 0. The third-order valence-corrected chi connectivity index (χ3v) is 2.89. The van der Waals surface area contributed by atoms with Gasteiger partial charge in [0.15, 0.2) is 0 Å². The Hall–Kier alpha value is 0.170. The molecule has 0 bridgehead atoms. The van der Waals surface area contributed by atoms with E-state index in [2.05, 4.69) is 18.7 Å². The van der Waals surface area contributed by atoms with Crippen LogP contribution in [0.3, 0.4) is 0 Å². The molecule has 1 unspecified atom stereocenters. The molecule has 1 aliphatic rings. The zero-order chi connectivity index (χ0) is 11.3. The zero-order valence-corrected chi connectivity index (χ0v) is 11.7. The fourth-order valence-electron chi connectivity index (χ4n) is 2.41. The average molecular weight is 251 g/mol. The van der Waals surface area contributed by atoms with Crippen molar-refractivity contribution in [3.05, 3.63) is 0 Å². The summed E-state index contributed by atoms with van der Waals surface area (Å²) in [6.07, 6.45) is 3.93. The molecule has 0 aromatic carbocycles. The number of rotatable bonds is 4. The van der Waals surface area contributed by atoms with Crippen molar-refractivity contribution in [1.82, 2.24) is 4.90 Å². The van der Waals surface area contributed by atoms with Gasteiger partial charge in [-0.2, -0.15) is 0 Å². The van der Waals surface area contributed by atoms with Crippen LogP contribution in [0, 0.1) is 5.92 Å². The molecule has 1 atom stereocenters.